The lowest BCUT2D eigenvalue weighted by Gasteiger charge is -2.20. The van der Waals surface area contributed by atoms with E-state index in [-0.39, 0.29) is 18.5 Å². The molecular formula is C13H21N3O4. The lowest BCUT2D eigenvalue weighted by atomic mass is 10.1. The van der Waals surface area contributed by atoms with Gasteiger partial charge in [0.1, 0.15) is 6.54 Å². The standard InChI is InChI=1S/C13H21N3O4/c1-3-6-14-11(17)8-16(2)13(20)15-10-5-4-9(7-10)12(18)19/h4-5,9-10H,3,6-8H2,1-2H3,(H,14,17)(H,15,20)(H,18,19). The van der Waals surface area contributed by atoms with E-state index in [0.717, 1.165) is 6.42 Å². The van der Waals surface area contributed by atoms with Gasteiger partial charge < -0.3 is 20.6 Å². The van der Waals surface area contributed by atoms with Crippen molar-refractivity contribution in [3.63, 3.8) is 0 Å². The van der Waals surface area contributed by atoms with Gasteiger partial charge in [-0.1, -0.05) is 19.1 Å². The van der Waals surface area contributed by atoms with Crippen LogP contribution in [0, 0.1) is 5.92 Å². The van der Waals surface area contributed by atoms with Crippen LogP contribution in [0.25, 0.3) is 0 Å². The van der Waals surface area contributed by atoms with Gasteiger partial charge in [0.25, 0.3) is 0 Å². The first-order chi connectivity index (χ1) is 9.43. The molecule has 7 nitrogen and oxygen atoms in total. The second-order valence-electron chi connectivity index (χ2n) is 4.83. The Kier molecular flexibility index (Phi) is 6.02. The number of urea groups is 1. The van der Waals surface area contributed by atoms with Gasteiger partial charge in [0.05, 0.1) is 12.0 Å². The first-order valence-electron chi connectivity index (χ1n) is 6.63. The zero-order valence-corrected chi connectivity index (χ0v) is 11.8. The molecule has 2 atom stereocenters. The van der Waals surface area contributed by atoms with E-state index in [9.17, 15) is 14.4 Å². The Bertz CT molecular complexity index is 408. The van der Waals surface area contributed by atoms with Gasteiger partial charge in [-0.15, -0.1) is 0 Å². The molecule has 3 N–H and O–H groups in total. The Morgan fingerprint density at radius 1 is 1.35 bits per heavy atom. The maximum Gasteiger partial charge on any atom is 0.318 e. The maximum absolute atomic E-state index is 11.8. The van der Waals surface area contributed by atoms with E-state index >= 15 is 0 Å². The molecule has 1 rings (SSSR count). The number of rotatable bonds is 6. The number of carboxylic acids is 1. The smallest absolute Gasteiger partial charge is 0.318 e. The number of likely N-dealkylation sites (N-methyl/N-ethyl adjacent to an activating group) is 1. The molecule has 3 amide bonds. The molecule has 1 aliphatic carbocycles. The highest BCUT2D eigenvalue weighted by molar-refractivity contribution is 5.84. The maximum atomic E-state index is 11.8. The van der Waals surface area contributed by atoms with E-state index in [1.54, 1.807) is 12.2 Å². The summed E-state index contributed by atoms with van der Waals surface area (Å²) in [7, 11) is 1.52. The number of nitrogens with zero attached hydrogens (tertiary/aromatic N) is 1. The molecular weight excluding hydrogens is 262 g/mol. The molecule has 0 saturated carbocycles. The van der Waals surface area contributed by atoms with Crippen molar-refractivity contribution in [2.75, 3.05) is 20.1 Å². The van der Waals surface area contributed by atoms with Crippen LogP contribution < -0.4 is 10.6 Å². The van der Waals surface area contributed by atoms with Crippen molar-refractivity contribution in [2.45, 2.75) is 25.8 Å². The fourth-order valence-corrected chi connectivity index (χ4v) is 1.87. The first kappa shape index (κ1) is 16.0. The summed E-state index contributed by atoms with van der Waals surface area (Å²) in [6.45, 7) is 2.51. The molecule has 0 saturated heterocycles. The second-order valence-corrected chi connectivity index (χ2v) is 4.83. The minimum absolute atomic E-state index is 0.0232. The average molecular weight is 283 g/mol. The van der Waals surface area contributed by atoms with Crippen LogP contribution in [0.3, 0.4) is 0 Å². The predicted molar refractivity (Wildman–Crippen MR) is 73.1 cm³/mol. The van der Waals surface area contributed by atoms with E-state index in [4.69, 9.17) is 5.11 Å². The Morgan fingerprint density at radius 3 is 2.60 bits per heavy atom. The third-order valence-corrected chi connectivity index (χ3v) is 3.01. The molecule has 0 spiro atoms. The van der Waals surface area contributed by atoms with Crippen molar-refractivity contribution in [2.24, 2.45) is 5.92 Å². The molecule has 0 aromatic carbocycles. The first-order valence-corrected chi connectivity index (χ1v) is 6.63. The van der Waals surface area contributed by atoms with Gasteiger partial charge in [0.2, 0.25) is 5.91 Å². The van der Waals surface area contributed by atoms with Gasteiger partial charge in [-0.05, 0) is 12.8 Å². The van der Waals surface area contributed by atoms with E-state index in [0.29, 0.717) is 13.0 Å². The Balaban J connectivity index is 2.34. The van der Waals surface area contributed by atoms with E-state index in [1.165, 1.54) is 11.9 Å². The molecule has 2 unspecified atom stereocenters. The average Bonchev–Trinajstić information content (AvgIpc) is 2.84. The van der Waals surface area contributed by atoms with E-state index in [1.807, 2.05) is 6.92 Å². The summed E-state index contributed by atoms with van der Waals surface area (Å²) in [5, 5.41) is 14.2. The molecule has 0 aliphatic heterocycles. The van der Waals surface area contributed by atoms with Crippen molar-refractivity contribution in [3.05, 3.63) is 12.2 Å². The number of carboxylic acid groups (broad SMARTS) is 1. The lowest BCUT2D eigenvalue weighted by molar-refractivity contribution is -0.140. The van der Waals surface area contributed by atoms with Gasteiger partial charge in [0.15, 0.2) is 0 Å². The van der Waals surface area contributed by atoms with Crippen LogP contribution >= 0.6 is 0 Å². The second kappa shape index (κ2) is 7.52. The normalized spacial score (nSPS) is 20.5. The molecule has 20 heavy (non-hydrogen) atoms. The van der Waals surface area contributed by atoms with Crippen molar-refractivity contribution >= 4 is 17.9 Å². The van der Waals surface area contributed by atoms with Crippen LogP contribution in [0.2, 0.25) is 0 Å². The molecule has 1 aliphatic rings. The summed E-state index contributed by atoms with van der Waals surface area (Å²) < 4.78 is 0. The Labute approximate surface area is 118 Å². The van der Waals surface area contributed by atoms with Crippen molar-refractivity contribution in [1.82, 2.24) is 15.5 Å². The van der Waals surface area contributed by atoms with Gasteiger partial charge in [-0.25, -0.2) is 4.79 Å². The highest BCUT2D eigenvalue weighted by atomic mass is 16.4. The van der Waals surface area contributed by atoms with Crippen LogP contribution in [0.5, 0.6) is 0 Å². The quantitative estimate of drug-likeness (QED) is 0.606. The zero-order chi connectivity index (χ0) is 15.1. The summed E-state index contributed by atoms with van der Waals surface area (Å²) in [5.74, 6) is -1.67. The number of hydrogen-bond donors (Lipinski definition) is 3. The third-order valence-electron chi connectivity index (χ3n) is 3.01. The highest BCUT2D eigenvalue weighted by Gasteiger charge is 2.26. The summed E-state index contributed by atoms with van der Waals surface area (Å²) in [6.07, 6.45) is 4.42. The number of carbonyl (C=O) groups excluding carboxylic acids is 2. The monoisotopic (exact) mass is 283 g/mol. The molecule has 0 heterocycles. The molecule has 0 bridgehead atoms. The minimum Gasteiger partial charge on any atom is -0.481 e. The molecule has 0 aromatic heterocycles. The SMILES string of the molecule is CCCNC(=O)CN(C)C(=O)NC1C=CC(C(=O)O)C1. The molecule has 0 radical (unpaired) electrons. The highest BCUT2D eigenvalue weighted by Crippen LogP contribution is 2.17. The Morgan fingerprint density at radius 2 is 2.05 bits per heavy atom. The van der Waals surface area contributed by atoms with Crippen molar-refractivity contribution in [3.8, 4) is 0 Å². The molecule has 112 valence electrons. The molecule has 0 fully saturated rings. The summed E-state index contributed by atoms with van der Waals surface area (Å²) in [6, 6.07) is -0.693. The van der Waals surface area contributed by atoms with E-state index < -0.39 is 17.9 Å². The van der Waals surface area contributed by atoms with Crippen LogP contribution in [0.4, 0.5) is 4.79 Å². The van der Waals surface area contributed by atoms with E-state index in [2.05, 4.69) is 10.6 Å². The summed E-state index contributed by atoms with van der Waals surface area (Å²) in [4.78, 5) is 35.4. The summed E-state index contributed by atoms with van der Waals surface area (Å²) in [5.41, 5.74) is 0. The number of amides is 3. The topological polar surface area (TPSA) is 98.7 Å². The fraction of sp³-hybridized carbons (Fsp3) is 0.615. The lowest BCUT2D eigenvalue weighted by Crippen LogP contribution is -2.46. The number of carbonyl (C=O) groups is 3. The minimum atomic E-state index is -0.898. The van der Waals surface area contributed by atoms with Crippen molar-refractivity contribution < 1.29 is 19.5 Å². The van der Waals surface area contributed by atoms with Crippen molar-refractivity contribution in [1.29, 1.82) is 0 Å². The Hall–Kier alpha value is -2.05. The number of nitrogens with one attached hydrogen (secondary N) is 2. The number of hydrogen-bond acceptors (Lipinski definition) is 3. The van der Waals surface area contributed by atoms with Gasteiger partial charge in [0, 0.05) is 13.6 Å². The predicted octanol–water partition coefficient (Wildman–Crippen LogP) is 0.183. The summed E-state index contributed by atoms with van der Waals surface area (Å²) >= 11 is 0. The fourth-order valence-electron chi connectivity index (χ4n) is 1.87. The number of aliphatic carboxylic acids is 1. The third kappa shape index (κ3) is 4.91. The van der Waals surface area contributed by atoms with Crippen LogP contribution in [0.15, 0.2) is 12.2 Å². The zero-order valence-electron chi connectivity index (χ0n) is 11.8. The van der Waals surface area contributed by atoms with Crippen LogP contribution in [-0.4, -0.2) is 54.1 Å². The molecule has 0 aromatic rings. The van der Waals surface area contributed by atoms with Crippen LogP contribution in [-0.2, 0) is 9.59 Å². The van der Waals surface area contributed by atoms with Gasteiger partial charge >= 0.3 is 12.0 Å². The van der Waals surface area contributed by atoms with Gasteiger partial charge in [-0.3, -0.25) is 9.59 Å². The molecule has 7 heteroatoms. The van der Waals surface area contributed by atoms with Crippen LogP contribution in [0.1, 0.15) is 19.8 Å². The van der Waals surface area contributed by atoms with Gasteiger partial charge in [-0.2, -0.15) is 0 Å². The largest absolute Gasteiger partial charge is 0.481 e.